The third-order valence-corrected chi connectivity index (χ3v) is 1.13. The molecular formula is C7H6FLiO. The van der Waals surface area contributed by atoms with Gasteiger partial charge in [-0.25, -0.2) is 4.39 Å². The molecule has 1 rings (SSSR count). The average molecular weight is 132 g/mol. The van der Waals surface area contributed by atoms with Gasteiger partial charge in [-0.1, -0.05) is 12.1 Å². The third kappa shape index (κ3) is 2.06. The molecule has 1 nitrogen and oxygen atoms in total. The van der Waals surface area contributed by atoms with Crippen LogP contribution in [0.15, 0.2) is 18.2 Å². The Kier molecular flexibility index (Phi) is 3.49. The molecule has 0 fully saturated rings. The van der Waals surface area contributed by atoms with Crippen LogP contribution in [0.4, 0.5) is 4.39 Å². The molecule has 0 saturated carbocycles. The van der Waals surface area contributed by atoms with Gasteiger partial charge in [0.2, 0.25) is 0 Å². The molecule has 1 aromatic rings. The summed E-state index contributed by atoms with van der Waals surface area (Å²) in [5.41, 5.74) is 0.405. The predicted molar refractivity (Wildman–Crippen MR) is 30.6 cm³/mol. The van der Waals surface area contributed by atoms with Crippen molar-refractivity contribution in [1.29, 1.82) is 0 Å². The van der Waals surface area contributed by atoms with E-state index in [1.807, 2.05) is 0 Å². The summed E-state index contributed by atoms with van der Waals surface area (Å²) in [4.78, 5) is 0. The summed E-state index contributed by atoms with van der Waals surface area (Å²) in [6.07, 6.45) is 0. The van der Waals surface area contributed by atoms with Crippen LogP contribution >= 0.6 is 0 Å². The molecule has 0 aliphatic heterocycles. The fourth-order valence-corrected chi connectivity index (χ4v) is 0.617. The van der Waals surface area contributed by atoms with Gasteiger partial charge in [-0.2, -0.15) is 0 Å². The van der Waals surface area contributed by atoms with Gasteiger partial charge in [0.1, 0.15) is 5.82 Å². The maximum absolute atomic E-state index is 12.4. The summed E-state index contributed by atoms with van der Waals surface area (Å²) in [6.45, 7) is 1.57. The number of hydrogen-bond donors (Lipinski definition) is 0. The second kappa shape index (κ2) is 3.65. The second-order valence-corrected chi connectivity index (χ2v) is 1.91. The minimum atomic E-state index is -0.324. The van der Waals surface area contributed by atoms with E-state index in [9.17, 15) is 9.50 Å². The van der Waals surface area contributed by atoms with Crippen LogP contribution in [0.2, 0.25) is 0 Å². The molecule has 0 saturated heterocycles. The van der Waals surface area contributed by atoms with E-state index < -0.39 is 0 Å². The second-order valence-electron chi connectivity index (χ2n) is 1.91. The van der Waals surface area contributed by atoms with Gasteiger partial charge in [0.15, 0.2) is 0 Å². The topological polar surface area (TPSA) is 23.1 Å². The summed E-state index contributed by atoms with van der Waals surface area (Å²) >= 11 is 0. The smallest absolute Gasteiger partial charge is 0.872 e. The van der Waals surface area contributed by atoms with Crippen LogP contribution in [0.5, 0.6) is 5.75 Å². The number of hydrogen-bond acceptors (Lipinski definition) is 1. The molecule has 0 spiro atoms. The van der Waals surface area contributed by atoms with E-state index in [1.165, 1.54) is 18.2 Å². The van der Waals surface area contributed by atoms with Gasteiger partial charge in [-0.3, -0.25) is 0 Å². The monoisotopic (exact) mass is 132 g/mol. The van der Waals surface area contributed by atoms with E-state index in [2.05, 4.69) is 0 Å². The van der Waals surface area contributed by atoms with Crippen molar-refractivity contribution in [2.45, 2.75) is 6.92 Å². The van der Waals surface area contributed by atoms with Crippen molar-refractivity contribution in [2.75, 3.05) is 0 Å². The zero-order chi connectivity index (χ0) is 6.85. The van der Waals surface area contributed by atoms with Crippen molar-refractivity contribution in [2.24, 2.45) is 0 Å². The molecule has 0 aliphatic rings. The van der Waals surface area contributed by atoms with Crippen LogP contribution < -0.4 is 24.0 Å². The molecule has 10 heavy (non-hydrogen) atoms. The molecule has 0 unspecified atom stereocenters. The van der Waals surface area contributed by atoms with E-state index in [0.29, 0.717) is 5.56 Å². The number of rotatable bonds is 0. The molecular weight excluding hydrogens is 126 g/mol. The molecule has 0 heterocycles. The fraction of sp³-hybridized carbons (Fsp3) is 0.143. The van der Waals surface area contributed by atoms with Crippen molar-refractivity contribution in [3.05, 3.63) is 29.6 Å². The van der Waals surface area contributed by atoms with Crippen LogP contribution in [0.3, 0.4) is 0 Å². The summed E-state index contributed by atoms with van der Waals surface area (Å²) in [5.74, 6) is -0.469. The van der Waals surface area contributed by atoms with Crippen molar-refractivity contribution in [3.8, 4) is 5.75 Å². The van der Waals surface area contributed by atoms with Crippen LogP contribution in [0.25, 0.3) is 0 Å². The van der Waals surface area contributed by atoms with E-state index in [-0.39, 0.29) is 30.4 Å². The van der Waals surface area contributed by atoms with E-state index in [1.54, 1.807) is 6.92 Å². The number of halogens is 1. The largest absolute Gasteiger partial charge is 1.00 e. The van der Waals surface area contributed by atoms with Crippen LogP contribution in [-0.2, 0) is 0 Å². The maximum Gasteiger partial charge on any atom is 1.00 e. The Balaban J connectivity index is 0.000000810. The number of benzene rings is 1. The van der Waals surface area contributed by atoms with Gasteiger partial charge in [0.25, 0.3) is 0 Å². The third-order valence-electron chi connectivity index (χ3n) is 1.13. The standard InChI is InChI=1S/C7H7FO.Li/c1-5-4-6(9)2-3-7(5)8;/h2-4,9H,1H3;/q;+1/p-1. The van der Waals surface area contributed by atoms with Crippen molar-refractivity contribution >= 4 is 0 Å². The van der Waals surface area contributed by atoms with Gasteiger partial charge in [-0.05, 0) is 18.6 Å². The van der Waals surface area contributed by atoms with E-state index >= 15 is 0 Å². The predicted octanol–water partition coefficient (Wildman–Crippen LogP) is -1.79. The molecule has 0 N–H and O–H groups in total. The SMILES string of the molecule is Cc1cc([O-])ccc1F.[Li+]. The maximum atomic E-state index is 12.4. The summed E-state index contributed by atoms with van der Waals surface area (Å²) in [5, 5.41) is 10.5. The van der Waals surface area contributed by atoms with Gasteiger partial charge in [0.05, 0.1) is 0 Å². The van der Waals surface area contributed by atoms with Gasteiger partial charge in [-0.15, -0.1) is 5.75 Å². The summed E-state index contributed by atoms with van der Waals surface area (Å²) in [6, 6.07) is 3.66. The molecule has 0 aromatic heterocycles. The van der Waals surface area contributed by atoms with Crippen molar-refractivity contribution in [3.63, 3.8) is 0 Å². The van der Waals surface area contributed by atoms with Crippen LogP contribution in [0, 0.1) is 12.7 Å². The quantitative estimate of drug-likeness (QED) is 0.382. The zero-order valence-corrected chi connectivity index (χ0v) is 6.02. The Bertz CT molecular complexity index is 225. The molecule has 3 heteroatoms. The Morgan fingerprint density at radius 1 is 1.40 bits per heavy atom. The first-order chi connectivity index (χ1) is 4.20. The summed E-state index contributed by atoms with van der Waals surface area (Å²) in [7, 11) is 0. The average Bonchev–Trinajstić information content (AvgIpc) is 1.80. The van der Waals surface area contributed by atoms with Crippen molar-refractivity contribution < 1.29 is 28.4 Å². The molecule has 0 amide bonds. The molecule has 0 aliphatic carbocycles. The minimum absolute atomic E-state index is 0. The first kappa shape index (κ1) is 9.55. The Morgan fingerprint density at radius 3 is 2.40 bits per heavy atom. The van der Waals surface area contributed by atoms with Gasteiger partial charge < -0.3 is 5.11 Å². The molecule has 0 atom stereocenters. The van der Waals surface area contributed by atoms with Gasteiger partial charge in [0, 0.05) is 0 Å². The van der Waals surface area contributed by atoms with E-state index in [0.717, 1.165) is 0 Å². The Labute approximate surface area is 71.1 Å². The first-order valence-electron chi connectivity index (χ1n) is 2.63. The molecule has 0 radical (unpaired) electrons. The minimum Gasteiger partial charge on any atom is -0.872 e. The first-order valence-corrected chi connectivity index (χ1v) is 2.63. The summed E-state index contributed by atoms with van der Waals surface area (Å²) < 4.78 is 12.4. The van der Waals surface area contributed by atoms with Crippen LogP contribution in [0.1, 0.15) is 5.56 Å². The normalized spacial score (nSPS) is 8.60. The number of aryl methyl sites for hydroxylation is 1. The Morgan fingerprint density at radius 2 is 2.00 bits per heavy atom. The molecule has 0 bridgehead atoms. The Hall–Kier alpha value is -0.453. The molecule has 1 aromatic carbocycles. The van der Waals surface area contributed by atoms with E-state index in [4.69, 9.17) is 0 Å². The van der Waals surface area contributed by atoms with Gasteiger partial charge >= 0.3 is 18.9 Å². The van der Waals surface area contributed by atoms with Crippen LogP contribution in [-0.4, -0.2) is 0 Å². The zero-order valence-electron chi connectivity index (χ0n) is 6.02. The molecule has 48 valence electrons. The fourth-order valence-electron chi connectivity index (χ4n) is 0.617. The van der Waals surface area contributed by atoms with Crippen molar-refractivity contribution in [1.82, 2.24) is 0 Å².